The molecule has 0 saturated heterocycles. The lowest BCUT2D eigenvalue weighted by Gasteiger charge is -2.00. The fraction of sp³-hybridized carbons (Fsp3) is 0.0909. The van der Waals surface area contributed by atoms with Gasteiger partial charge in [0.05, 0.1) is 0 Å². The second-order valence-corrected chi connectivity index (χ2v) is 3.56. The summed E-state index contributed by atoms with van der Waals surface area (Å²) in [5.74, 6) is 2.17. The van der Waals surface area contributed by atoms with Gasteiger partial charge in [0.25, 0.3) is 0 Å². The topological polar surface area (TPSA) is 66.7 Å². The number of rotatable bonds is 2. The standard InChI is InChI=1S/C11H10N4O/c1-7-6-10(15-16-7)13-9-3-2-8-4-5-12-11(8)14-9/h2-6H,1H3,(H2,12,13,14,15). The van der Waals surface area contributed by atoms with Crippen LogP contribution in [0.5, 0.6) is 0 Å². The van der Waals surface area contributed by atoms with E-state index in [-0.39, 0.29) is 0 Å². The third-order valence-corrected chi connectivity index (χ3v) is 2.29. The van der Waals surface area contributed by atoms with E-state index in [4.69, 9.17) is 4.52 Å². The van der Waals surface area contributed by atoms with Crippen LogP contribution in [-0.2, 0) is 0 Å². The molecular formula is C11H10N4O. The summed E-state index contributed by atoms with van der Waals surface area (Å²) >= 11 is 0. The molecule has 0 fully saturated rings. The molecule has 0 spiro atoms. The van der Waals surface area contributed by atoms with E-state index in [9.17, 15) is 0 Å². The Bertz CT molecular complexity index is 625. The summed E-state index contributed by atoms with van der Waals surface area (Å²) in [6.07, 6.45) is 1.86. The maximum absolute atomic E-state index is 4.96. The SMILES string of the molecule is Cc1cc(Nc2ccc3cc[nH]c3n2)no1. The predicted octanol–water partition coefficient (Wildman–Crippen LogP) is 2.60. The van der Waals surface area contributed by atoms with Gasteiger partial charge in [0.15, 0.2) is 5.82 Å². The molecule has 0 atom stereocenters. The van der Waals surface area contributed by atoms with Crippen molar-refractivity contribution in [3.8, 4) is 0 Å². The van der Waals surface area contributed by atoms with E-state index in [1.807, 2.05) is 37.4 Å². The fourth-order valence-corrected chi connectivity index (χ4v) is 1.56. The summed E-state index contributed by atoms with van der Waals surface area (Å²) in [6.45, 7) is 1.85. The van der Waals surface area contributed by atoms with Crippen molar-refractivity contribution in [1.29, 1.82) is 0 Å². The first-order valence-corrected chi connectivity index (χ1v) is 4.96. The van der Waals surface area contributed by atoms with Crippen molar-refractivity contribution in [2.75, 3.05) is 5.32 Å². The van der Waals surface area contributed by atoms with Gasteiger partial charge in [-0.25, -0.2) is 4.98 Å². The van der Waals surface area contributed by atoms with E-state index >= 15 is 0 Å². The highest BCUT2D eigenvalue weighted by atomic mass is 16.5. The second kappa shape index (κ2) is 3.37. The summed E-state index contributed by atoms with van der Waals surface area (Å²) in [4.78, 5) is 7.45. The summed E-state index contributed by atoms with van der Waals surface area (Å²) in [6, 6.07) is 7.70. The molecule has 3 aromatic rings. The number of aryl methyl sites for hydroxylation is 1. The van der Waals surface area contributed by atoms with Crippen LogP contribution in [0.3, 0.4) is 0 Å². The van der Waals surface area contributed by atoms with Gasteiger partial charge in [-0.3, -0.25) is 0 Å². The summed E-state index contributed by atoms with van der Waals surface area (Å²) in [5.41, 5.74) is 0.852. The van der Waals surface area contributed by atoms with Crippen LogP contribution in [0.1, 0.15) is 5.76 Å². The van der Waals surface area contributed by atoms with Crippen LogP contribution in [0.25, 0.3) is 11.0 Å². The molecular weight excluding hydrogens is 204 g/mol. The van der Waals surface area contributed by atoms with Gasteiger partial charge in [0.1, 0.15) is 17.2 Å². The minimum atomic E-state index is 0.663. The van der Waals surface area contributed by atoms with E-state index in [1.165, 1.54) is 0 Å². The molecule has 5 heteroatoms. The lowest BCUT2D eigenvalue weighted by atomic mass is 10.3. The number of pyridine rings is 1. The number of anilines is 2. The Labute approximate surface area is 91.5 Å². The van der Waals surface area contributed by atoms with Crippen LogP contribution in [0.2, 0.25) is 0 Å². The predicted molar refractivity (Wildman–Crippen MR) is 60.6 cm³/mol. The number of fused-ring (bicyclic) bond motifs is 1. The smallest absolute Gasteiger partial charge is 0.175 e. The second-order valence-electron chi connectivity index (χ2n) is 3.56. The quantitative estimate of drug-likeness (QED) is 0.688. The highest BCUT2D eigenvalue weighted by Crippen LogP contribution is 2.17. The molecule has 80 valence electrons. The van der Waals surface area contributed by atoms with Crippen molar-refractivity contribution < 1.29 is 4.52 Å². The summed E-state index contributed by atoms with van der Waals surface area (Å²) in [7, 11) is 0. The molecule has 3 heterocycles. The number of H-pyrrole nitrogens is 1. The normalized spacial score (nSPS) is 10.8. The number of aromatic nitrogens is 3. The van der Waals surface area contributed by atoms with E-state index < -0.39 is 0 Å². The van der Waals surface area contributed by atoms with Crippen LogP contribution < -0.4 is 5.32 Å². The highest BCUT2D eigenvalue weighted by Gasteiger charge is 2.02. The van der Waals surface area contributed by atoms with Gasteiger partial charge >= 0.3 is 0 Å². The Morgan fingerprint density at radius 1 is 1.25 bits per heavy atom. The van der Waals surface area contributed by atoms with Crippen molar-refractivity contribution in [3.05, 3.63) is 36.2 Å². The summed E-state index contributed by atoms with van der Waals surface area (Å²) in [5, 5.41) is 8.00. The molecule has 0 saturated carbocycles. The van der Waals surface area contributed by atoms with Gasteiger partial charge in [-0.05, 0) is 25.1 Å². The van der Waals surface area contributed by atoms with Crippen molar-refractivity contribution in [2.24, 2.45) is 0 Å². The third kappa shape index (κ3) is 1.52. The van der Waals surface area contributed by atoms with Crippen molar-refractivity contribution in [1.82, 2.24) is 15.1 Å². The molecule has 16 heavy (non-hydrogen) atoms. The van der Waals surface area contributed by atoms with Gasteiger partial charge in [0, 0.05) is 17.6 Å². The zero-order chi connectivity index (χ0) is 11.0. The lowest BCUT2D eigenvalue weighted by Crippen LogP contribution is -1.93. The average molecular weight is 214 g/mol. The Balaban J connectivity index is 1.94. The van der Waals surface area contributed by atoms with Crippen LogP contribution in [-0.4, -0.2) is 15.1 Å². The number of nitrogens with zero attached hydrogens (tertiary/aromatic N) is 2. The van der Waals surface area contributed by atoms with Gasteiger partial charge < -0.3 is 14.8 Å². The largest absolute Gasteiger partial charge is 0.360 e. The van der Waals surface area contributed by atoms with Gasteiger partial charge in [-0.1, -0.05) is 5.16 Å². The number of hydrogen-bond acceptors (Lipinski definition) is 4. The summed E-state index contributed by atoms with van der Waals surface area (Å²) < 4.78 is 4.96. The average Bonchev–Trinajstić information content (AvgIpc) is 2.87. The molecule has 0 aliphatic carbocycles. The minimum Gasteiger partial charge on any atom is -0.360 e. The molecule has 3 aromatic heterocycles. The number of aromatic amines is 1. The third-order valence-electron chi connectivity index (χ3n) is 2.29. The number of nitrogens with one attached hydrogen (secondary N) is 2. The fourth-order valence-electron chi connectivity index (χ4n) is 1.56. The van der Waals surface area contributed by atoms with Gasteiger partial charge in [0.2, 0.25) is 0 Å². The number of hydrogen-bond donors (Lipinski definition) is 2. The van der Waals surface area contributed by atoms with Crippen LogP contribution in [0.4, 0.5) is 11.6 Å². The van der Waals surface area contributed by atoms with E-state index in [0.29, 0.717) is 5.82 Å². The first-order valence-electron chi connectivity index (χ1n) is 4.96. The maximum atomic E-state index is 4.96. The van der Waals surface area contributed by atoms with E-state index in [0.717, 1.165) is 22.6 Å². The van der Waals surface area contributed by atoms with Gasteiger partial charge in [-0.2, -0.15) is 0 Å². The van der Waals surface area contributed by atoms with Crippen LogP contribution in [0.15, 0.2) is 35.0 Å². The zero-order valence-corrected chi connectivity index (χ0v) is 8.69. The lowest BCUT2D eigenvalue weighted by molar-refractivity contribution is 0.400. The van der Waals surface area contributed by atoms with Crippen molar-refractivity contribution in [3.63, 3.8) is 0 Å². The molecule has 5 nitrogen and oxygen atoms in total. The molecule has 0 aromatic carbocycles. The Hall–Kier alpha value is -2.30. The first-order chi connectivity index (χ1) is 7.81. The van der Waals surface area contributed by atoms with E-state index in [1.54, 1.807) is 0 Å². The van der Waals surface area contributed by atoms with Gasteiger partial charge in [-0.15, -0.1) is 0 Å². The maximum Gasteiger partial charge on any atom is 0.175 e. The van der Waals surface area contributed by atoms with Crippen LogP contribution in [0, 0.1) is 6.92 Å². The molecule has 2 N–H and O–H groups in total. The molecule has 0 aliphatic rings. The van der Waals surface area contributed by atoms with Crippen LogP contribution >= 0.6 is 0 Å². The highest BCUT2D eigenvalue weighted by molar-refractivity contribution is 5.77. The Kier molecular flexibility index (Phi) is 1.89. The zero-order valence-electron chi connectivity index (χ0n) is 8.69. The molecule has 0 radical (unpaired) electrons. The molecule has 0 amide bonds. The molecule has 0 unspecified atom stereocenters. The van der Waals surface area contributed by atoms with E-state index in [2.05, 4.69) is 20.4 Å². The molecule has 0 aliphatic heterocycles. The van der Waals surface area contributed by atoms with Crippen molar-refractivity contribution in [2.45, 2.75) is 6.92 Å². The minimum absolute atomic E-state index is 0.663. The first kappa shape index (κ1) is 8.96. The monoisotopic (exact) mass is 214 g/mol. The molecule has 0 bridgehead atoms. The van der Waals surface area contributed by atoms with Crippen molar-refractivity contribution >= 4 is 22.7 Å². The Morgan fingerprint density at radius 3 is 3.00 bits per heavy atom. The molecule has 3 rings (SSSR count). The Morgan fingerprint density at radius 2 is 2.19 bits per heavy atom.